The van der Waals surface area contributed by atoms with E-state index in [1.54, 1.807) is 6.92 Å². The highest BCUT2D eigenvalue weighted by atomic mass is 19.1. The van der Waals surface area contributed by atoms with Crippen LogP contribution in [0.4, 0.5) is 4.39 Å². The largest absolute Gasteiger partial charge is 0.308 e. The second-order valence-corrected chi connectivity index (χ2v) is 2.38. The minimum absolute atomic E-state index is 0.0625. The summed E-state index contributed by atoms with van der Waals surface area (Å²) in [6.07, 6.45) is 0. The standard InChI is InChI=1S/C5H10FN.C2H6/c1-4-5(2,6)3-7-4;1-2/h4,7H,3H2,1-2H3;1-2H3. The fraction of sp³-hybridized carbons (Fsp3) is 1.00. The number of hydrogen-bond acceptors (Lipinski definition) is 1. The zero-order valence-electron chi connectivity index (χ0n) is 6.66. The average molecular weight is 133 g/mol. The lowest BCUT2D eigenvalue weighted by Crippen LogP contribution is -2.61. The summed E-state index contributed by atoms with van der Waals surface area (Å²) in [6.45, 7) is 7.99. The van der Waals surface area contributed by atoms with Crippen molar-refractivity contribution in [3.63, 3.8) is 0 Å². The Morgan fingerprint density at radius 3 is 1.89 bits per heavy atom. The molecule has 1 aliphatic heterocycles. The molecule has 0 amide bonds. The fourth-order valence-corrected chi connectivity index (χ4v) is 0.587. The van der Waals surface area contributed by atoms with Crippen LogP contribution in [0.3, 0.4) is 0 Å². The summed E-state index contributed by atoms with van der Waals surface area (Å²) < 4.78 is 12.5. The molecule has 0 radical (unpaired) electrons. The van der Waals surface area contributed by atoms with Crippen molar-refractivity contribution in [2.45, 2.75) is 39.4 Å². The van der Waals surface area contributed by atoms with Crippen LogP contribution in [0.15, 0.2) is 0 Å². The number of alkyl halides is 1. The Labute approximate surface area is 56.6 Å². The molecule has 0 aromatic heterocycles. The maximum atomic E-state index is 12.5. The third-order valence-corrected chi connectivity index (χ3v) is 1.66. The Balaban J connectivity index is 0.000000291. The number of halogens is 1. The molecule has 0 aromatic rings. The van der Waals surface area contributed by atoms with Crippen molar-refractivity contribution in [2.75, 3.05) is 6.54 Å². The summed E-state index contributed by atoms with van der Waals surface area (Å²) in [6, 6.07) is 0.0625. The number of nitrogens with one attached hydrogen (secondary N) is 1. The monoisotopic (exact) mass is 133 g/mol. The Morgan fingerprint density at radius 2 is 1.89 bits per heavy atom. The Hall–Kier alpha value is -0.110. The van der Waals surface area contributed by atoms with Crippen molar-refractivity contribution in [1.82, 2.24) is 5.32 Å². The highest BCUT2D eigenvalue weighted by Gasteiger charge is 2.39. The molecule has 56 valence electrons. The third-order valence-electron chi connectivity index (χ3n) is 1.66. The van der Waals surface area contributed by atoms with E-state index in [-0.39, 0.29) is 6.04 Å². The van der Waals surface area contributed by atoms with Crippen LogP contribution in [0.25, 0.3) is 0 Å². The van der Waals surface area contributed by atoms with Crippen molar-refractivity contribution >= 4 is 0 Å². The molecular formula is C7H16FN. The molecule has 0 aromatic carbocycles. The van der Waals surface area contributed by atoms with Crippen LogP contribution in [0.1, 0.15) is 27.7 Å². The van der Waals surface area contributed by atoms with E-state index in [4.69, 9.17) is 0 Å². The first-order valence-electron chi connectivity index (χ1n) is 3.55. The van der Waals surface area contributed by atoms with Crippen molar-refractivity contribution in [2.24, 2.45) is 0 Å². The molecule has 0 aliphatic carbocycles. The Morgan fingerprint density at radius 1 is 1.56 bits per heavy atom. The third kappa shape index (κ3) is 1.94. The minimum Gasteiger partial charge on any atom is -0.308 e. The van der Waals surface area contributed by atoms with Gasteiger partial charge in [-0.3, -0.25) is 0 Å². The van der Waals surface area contributed by atoms with Crippen LogP contribution in [0, 0.1) is 0 Å². The van der Waals surface area contributed by atoms with E-state index in [1.165, 1.54) is 0 Å². The van der Waals surface area contributed by atoms with E-state index in [1.807, 2.05) is 20.8 Å². The molecule has 1 aliphatic rings. The maximum Gasteiger partial charge on any atom is 0.135 e. The van der Waals surface area contributed by atoms with Crippen LogP contribution < -0.4 is 5.32 Å². The van der Waals surface area contributed by atoms with Gasteiger partial charge in [0.25, 0.3) is 0 Å². The summed E-state index contributed by atoms with van der Waals surface area (Å²) in [5.74, 6) is 0. The smallest absolute Gasteiger partial charge is 0.135 e. The normalized spacial score (nSPS) is 40.3. The predicted octanol–water partition coefficient (Wildman–Crippen LogP) is 1.73. The highest BCUT2D eigenvalue weighted by Crippen LogP contribution is 2.21. The predicted molar refractivity (Wildman–Crippen MR) is 38.3 cm³/mol. The molecule has 1 saturated heterocycles. The van der Waals surface area contributed by atoms with Gasteiger partial charge in [0, 0.05) is 12.6 Å². The summed E-state index contributed by atoms with van der Waals surface area (Å²) in [4.78, 5) is 0. The van der Waals surface area contributed by atoms with Crippen molar-refractivity contribution in [3.8, 4) is 0 Å². The van der Waals surface area contributed by atoms with E-state index >= 15 is 0 Å². The molecule has 1 heterocycles. The van der Waals surface area contributed by atoms with Crippen LogP contribution in [-0.4, -0.2) is 18.3 Å². The molecule has 2 heteroatoms. The quantitative estimate of drug-likeness (QED) is 0.530. The first kappa shape index (κ1) is 8.89. The highest BCUT2D eigenvalue weighted by molar-refractivity contribution is 4.96. The first-order valence-corrected chi connectivity index (χ1v) is 3.55. The molecular weight excluding hydrogens is 117 g/mol. The van der Waals surface area contributed by atoms with Gasteiger partial charge in [-0.25, -0.2) is 4.39 Å². The van der Waals surface area contributed by atoms with Gasteiger partial charge in [0.15, 0.2) is 0 Å². The molecule has 2 unspecified atom stereocenters. The van der Waals surface area contributed by atoms with Crippen molar-refractivity contribution in [3.05, 3.63) is 0 Å². The molecule has 0 spiro atoms. The van der Waals surface area contributed by atoms with Gasteiger partial charge < -0.3 is 5.32 Å². The van der Waals surface area contributed by atoms with E-state index in [0.717, 1.165) is 0 Å². The lowest BCUT2D eigenvalue weighted by atomic mass is 9.92. The Kier molecular flexibility index (Phi) is 3.12. The van der Waals surface area contributed by atoms with E-state index in [0.29, 0.717) is 6.54 Å². The van der Waals surface area contributed by atoms with E-state index in [2.05, 4.69) is 5.32 Å². The molecule has 9 heavy (non-hydrogen) atoms. The molecule has 0 bridgehead atoms. The molecule has 0 saturated carbocycles. The zero-order valence-corrected chi connectivity index (χ0v) is 6.66. The van der Waals surface area contributed by atoms with Gasteiger partial charge in [-0.15, -0.1) is 0 Å². The second kappa shape index (κ2) is 3.16. The second-order valence-electron chi connectivity index (χ2n) is 2.38. The van der Waals surface area contributed by atoms with Crippen LogP contribution in [0.2, 0.25) is 0 Å². The fourth-order valence-electron chi connectivity index (χ4n) is 0.587. The Bertz CT molecular complexity index is 81.0. The number of rotatable bonds is 0. The maximum absolute atomic E-state index is 12.5. The SMILES string of the molecule is CC.CC1NCC1(C)F. The topological polar surface area (TPSA) is 12.0 Å². The molecule has 1 fully saturated rings. The number of hydrogen-bond donors (Lipinski definition) is 1. The van der Waals surface area contributed by atoms with E-state index < -0.39 is 5.67 Å². The lowest BCUT2D eigenvalue weighted by Gasteiger charge is -2.39. The van der Waals surface area contributed by atoms with Gasteiger partial charge in [0.1, 0.15) is 5.67 Å². The summed E-state index contributed by atoms with van der Waals surface area (Å²) in [5.41, 5.74) is -0.931. The van der Waals surface area contributed by atoms with E-state index in [9.17, 15) is 4.39 Å². The van der Waals surface area contributed by atoms with Gasteiger partial charge in [-0.2, -0.15) is 0 Å². The van der Waals surface area contributed by atoms with Gasteiger partial charge in [0.2, 0.25) is 0 Å². The molecule has 1 nitrogen and oxygen atoms in total. The van der Waals surface area contributed by atoms with Gasteiger partial charge >= 0.3 is 0 Å². The summed E-state index contributed by atoms with van der Waals surface area (Å²) in [7, 11) is 0. The summed E-state index contributed by atoms with van der Waals surface area (Å²) in [5, 5.41) is 2.92. The van der Waals surface area contributed by atoms with Gasteiger partial charge in [0.05, 0.1) is 0 Å². The van der Waals surface area contributed by atoms with Gasteiger partial charge in [-0.05, 0) is 13.8 Å². The van der Waals surface area contributed by atoms with Crippen molar-refractivity contribution in [1.29, 1.82) is 0 Å². The molecule has 1 rings (SSSR count). The zero-order chi connectivity index (χ0) is 7.49. The van der Waals surface area contributed by atoms with Crippen LogP contribution in [-0.2, 0) is 0 Å². The van der Waals surface area contributed by atoms with Gasteiger partial charge in [-0.1, -0.05) is 13.8 Å². The minimum atomic E-state index is -0.931. The van der Waals surface area contributed by atoms with Crippen LogP contribution in [0.5, 0.6) is 0 Å². The molecule has 2 atom stereocenters. The van der Waals surface area contributed by atoms with Crippen LogP contribution >= 0.6 is 0 Å². The first-order chi connectivity index (χ1) is 4.13. The summed E-state index contributed by atoms with van der Waals surface area (Å²) >= 11 is 0. The lowest BCUT2D eigenvalue weighted by molar-refractivity contribution is 0.0569. The van der Waals surface area contributed by atoms with Crippen molar-refractivity contribution < 1.29 is 4.39 Å². The average Bonchev–Trinajstić information content (AvgIpc) is 1.90. The molecule has 1 N–H and O–H groups in total.